The minimum atomic E-state index is -0.425. The van der Waals surface area contributed by atoms with Crippen LogP contribution in [0, 0.1) is 5.41 Å². The van der Waals surface area contributed by atoms with E-state index in [0.29, 0.717) is 0 Å². The lowest BCUT2D eigenvalue weighted by atomic mass is 9.77. The molecule has 2 aliphatic heterocycles. The van der Waals surface area contributed by atoms with Crippen molar-refractivity contribution in [2.24, 2.45) is 5.41 Å². The van der Waals surface area contributed by atoms with Crippen LogP contribution in [0.1, 0.15) is 40.0 Å². The SMILES string of the molecule is CC(C)(C)OC(=O)N1CCC2(CCN(c3ccc(N)cc3)CC2)C1. The van der Waals surface area contributed by atoms with Crippen LogP contribution in [-0.2, 0) is 4.74 Å². The summed E-state index contributed by atoms with van der Waals surface area (Å²) in [5.41, 5.74) is 7.65. The van der Waals surface area contributed by atoms with Crippen molar-refractivity contribution in [3.05, 3.63) is 24.3 Å². The van der Waals surface area contributed by atoms with Gasteiger partial charge in [-0.25, -0.2) is 4.79 Å². The van der Waals surface area contributed by atoms with Crippen LogP contribution in [0.25, 0.3) is 0 Å². The number of rotatable bonds is 1. The van der Waals surface area contributed by atoms with E-state index in [0.717, 1.165) is 51.1 Å². The van der Waals surface area contributed by atoms with Crippen molar-refractivity contribution in [1.82, 2.24) is 4.90 Å². The molecule has 0 atom stereocenters. The molecule has 2 N–H and O–H groups in total. The number of likely N-dealkylation sites (tertiary alicyclic amines) is 1. The standard InChI is InChI=1S/C19H29N3O2/c1-18(2,3)24-17(23)22-13-10-19(14-22)8-11-21(12-9-19)16-6-4-15(20)5-7-16/h4-7H,8-14,20H2,1-3H3. The van der Waals surface area contributed by atoms with Crippen molar-refractivity contribution in [2.45, 2.75) is 45.6 Å². The molecule has 0 saturated carbocycles. The molecule has 5 nitrogen and oxygen atoms in total. The van der Waals surface area contributed by atoms with Gasteiger partial charge in [-0.15, -0.1) is 0 Å². The van der Waals surface area contributed by atoms with Crippen LogP contribution in [0.5, 0.6) is 0 Å². The van der Waals surface area contributed by atoms with Crippen LogP contribution in [0.4, 0.5) is 16.2 Å². The second-order valence-corrected chi connectivity index (χ2v) is 8.23. The van der Waals surface area contributed by atoms with Gasteiger partial charge in [0.25, 0.3) is 0 Å². The van der Waals surface area contributed by atoms with Gasteiger partial charge in [0.2, 0.25) is 0 Å². The van der Waals surface area contributed by atoms with Gasteiger partial charge >= 0.3 is 6.09 Å². The molecule has 1 aromatic carbocycles. The number of nitrogens with two attached hydrogens (primary N) is 1. The number of amides is 1. The summed E-state index contributed by atoms with van der Waals surface area (Å²) in [7, 11) is 0. The number of hydrogen-bond donors (Lipinski definition) is 1. The number of piperidine rings is 1. The number of ether oxygens (including phenoxy) is 1. The molecular formula is C19H29N3O2. The highest BCUT2D eigenvalue weighted by Crippen LogP contribution is 2.41. The minimum absolute atomic E-state index is 0.166. The summed E-state index contributed by atoms with van der Waals surface area (Å²) in [5.74, 6) is 0. The average molecular weight is 331 g/mol. The number of anilines is 2. The van der Waals surface area contributed by atoms with Gasteiger partial charge in [-0.3, -0.25) is 0 Å². The van der Waals surface area contributed by atoms with E-state index in [-0.39, 0.29) is 11.5 Å². The third-order valence-electron chi connectivity index (χ3n) is 5.17. The summed E-state index contributed by atoms with van der Waals surface area (Å²) >= 11 is 0. The van der Waals surface area contributed by atoms with E-state index in [9.17, 15) is 4.79 Å². The van der Waals surface area contributed by atoms with Crippen molar-refractivity contribution in [2.75, 3.05) is 36.8 Å². The molecule has 132 valence electrons. The van der Waals surface area contributed by atoms with E-state index >= 15 is 0 Å². The first-order valence-corrected chi connectivity index (χ1v) is 8.85. The number of carbonyl (C=O) groups is 1. The summed E-state index contributed by atoms with van der Waals surface area (Å²) in [6, 6.07) is 8.10. The molecule has 1 spiro atoms. The number of benzene rings is 1. The number of carbonyl (C=O) groups excluding carboxylic acids is 1. The van der Waals surface area contributed by atoms with Crippen molar-refractivity contribution < 1.29 is 9.53 Å². The average Bonchev–Trinajstić information content (AvgIpc) is 2.92. The maximum Gasteiger partial charge on any atom is 0.410 e. The molecule has 2 saturated heterocycles. The lowest BCUT2D eigenvalue weighted by Gasteiger charge is -2.40. The van der Waals surface area contributed by atoms with Gasteiger partial charge in [-0.2, -0.15) is 0 Å². The van der Waals surface area contributed by atoms with Crippen LogP contribution in [0.2, 0.25) is 0 Å². The zero-order valence-electron chi connectivity index (χ0n) is 15.0. The number of nitrogen functional groups attached to an aromatic ring is 1. The van der Waals surface area contributed by atoms with Gasteiger partial charge in [0.1, 0.15) is 5.60 Å². The summed E-state index contributed by atoms with van der Waals surface area (Å²) in [6.45, 7) is 9.47. The van der Waals surface area contributed by atoms with Crippen molar-refractivity contribution in [3.8, 4) is 0 Å². The summed E-state index contributed by atoms with van der Waals surface area (Å²) in [6.07, 6.45) is 3.16. The fourth-order valence-corrected chi connectivity index (χ4v) is 3.75. The zero-order valence-corrected chi connectivity index (χ0v) is 15.0. The summed E-state index contributed by atoms with van der Waals surface area (Å²) < 4.78 is 5.52. The lowest BCUT2D eigenvalue weighted by molar-refractivity contribution is 0.0266. The van der Waals surface area contributed by atoms with Gasteiger partial charge in [0.05, 0.1) is 0 Å². The summed E-state index contributed by atoms with van der Waals surface area (Å²) in [5, 5.41) is 0. The Balaban J connectivity index is 1.56. The molecule has 3 rings (SSSR count). The molecule has 1 aromatic rings. The highest BCUT2D eigenvalue weighted by molar-refractivity contribution is 5.68. The van der Waals surface area contributed by atoms with Crippen LogP contribution >= 0.6 is 0 Å². The first-order chi connectivity index (χ1) is 11.3. The van der Waals surface area contributed by atoms with Gasteiger partial charge in [-0.05, 0) is 69.7 Å². The maximum absolute atomic E-state index is 12.3. The largest absolute Gasteiger partial charge is 0.444 e. The van der Waals surface area contributed by atoms with Crippen molar-refractivity contribution in [1.29, 1.82) is 0 Å². The topological polar surface area (TPSA) is 58.8 Å². The Labute approximate surface area is 144 Å². The second-order valence-electron chi connectivity index (χ2n) is 8.23. The molecule has 5 heteroatoms. The van der Waals surface area contributed by atoms with Gasteiger partial charge in [-0.1, -0.05) is 0 Å². The molecule has 0 unspecified atom stereocenters. The molecule has 0 bridgehead atoms. The van der Waals surface area contributed by atoms with E-state index in [1.807, 2.05) is 37.8 Å². The normalized spacial score (nSPS) is 20.5. The van der Waals surface area contributed by atoms with E-state index in [4.69, 9.17) is 10.5 Å². The molecule has 2 heterocycles. The molecule has 2 aliphatic rings. The Bertz CT molecular complexity index is 584. The molecule has 1 amide bonds. The van der Waals surface area contributed by atoms with Gasteiger partial charge < -0.3 is 20.3 Å². The first kappa shape index (κ1) is 16.9. The Morgan fingerprint density at radius 3 is 2.25 bits per heavy atom. The van der Waals surface area contributed by atoms with E-state index in [1.54, 1.807) is 0 Å². The predicted octanol–water partition coefficient (Wildman–Crippen LogP) is 3.50. The van der Waals surface area contributed by atoms with E-state index < -0.39 is 5.60 Å². The van der Waals surface area contributed by atoms with Gasteiger partial charge in [0, 0.05) is 37.6 Å². The minimum Gasteiger partial charge on any atom is -0.444 e. The zero-order chi connectivity index (χ0) is 17.4. The monoisotopic (exact) mass is 331 g/mol. The van der Waals surface area contributed by atoms with Crippen LogP contribution in [0.15, 0.2) is 24.3 Å². The van der Waals surface area contributed by atoms with Crippen molar-refractivity contribution >= 4 is 17.5 Å². The number of hydrogen-bond acceptors (Lipinski definition) is 4. The number of nitrogens with zero attached hydrogens (tertiary/aromatic N) is 2. The molecule has 0 aromatic heterocycles. The van der Waals surface area contributed by atoms with E-state index in [2.05, 4.69) is 17.0 Å². The van der Waals surface area contributed by atoms with Crippen LogP contribution < -0.4 is 10.6 Å². The molecule has 0 aliphatic carbocycles. The van der Waals surface area contributed by atoms with Crippen molar-refractivity contribution in [3.63, 3.8) is 0 Å². The molecule has 2 fully saturated rings. The fraction of sp³-hybridized carbons (Fsp3) is 0.632. The Hall–Kier alpha value is -1.91. The Morgan fingerprint density at radius 1 is 1.08 bits per heavy atom. The second kappa shape index (κ2) is 6.19. The highest BCUT2D eigenvalue weighted by atomic mass is 16.6. The maximum atomic E-state index is 12.3. The Kier molecular flexibility index (Phi) is 4.37. The quantitative estimate of drug-likeness (QED) is 0.800. The third-order valence-corrected chi connectivity index (χ3v) is 5.17. The molecular weight excluding hydrogens is 302 g/mol. The van der Waals surface area contributed by atoms with Gasteiger partial charge in [0.15, 0.2) is 0 Å². The molecule has 0 radical (unpaired) electrons. The smallest absolute Gasteiger partial charge is 0.410 e. The lowest BCUT2D eigenvalue weighted by Crippen LogP contribution is -2.43. The summed E-state index contributed by atoms with van der Waals surface area (Å²) in [4.78, 5) is 16.6. The third kappa shape index (κ3) is 3.77. The first-order valence-electron chi connectivity index (χ1n) is 8.85. The highest BCUT2D eigenvalue weighted by Gasteiger charge is 2.43. The van der Waals surface area contributed by atoms with Crippen LogP contribution in [-0.4, -0.2) is 42.8 Å². The predicted molar refractivity (Wildman–Crippen MR) is 97.2 cm³/mol. The fourth-order valence-electron chi connectivity index (χ4n) is 3.75. The van der Waals surface area contributed by atoms with E-state index in [1.165, 1.54) is 5.69 Å². The van der Waals surface area contributed by atoms with Crippen LogP contribution in [0.3, 0.4) is 0 Å². The Morgan fingerprint density at radius 2 is 1.67 bits per heavy atom. The molecule has 24 heavy (non-hydrogen) atoms.